The van der Waals surface area contributed by atoms with Crippen LogP contribution in [0.2, 0.25) is 0 Å². The molecule has 4 rings (SSSR count). The fourth-order valence-electron chi connectivity index (χ4n) is 10.0. The molecule has 0 aromatic carbocycles. The molecule has 4 aliphatic rings. The second-order valence-corrected chi connectivity index (χ2v) is 20.7. The van der Waals surface area contributed by atoms with Crippen molar-refractivity contribution in [2.24, 2.45) is 5.92 Å². The van der Waals surface area contributed by atoms with E-state index in [2.05, 4.69) is 6.92 Å². The molecule has 9 N–H and O–H groups in total. The fourth-order valence-corrected chi connectivity index (χ4v) is 10.0. The van der Waals surface area contributed by atoms with Crippen molar-refractivity contribution < 1.29 is 103 Å². The average Bonchev–Trinajstić information content (AvgIpc) is 3.35. The molecular weight excluding hydrogens is 961 g/mol. The lowest BCUT2D eigenvalue weighted by atomic mass is 9.80. The van der Waals surface area contributed by atoms with E-state index in [1.165, 1.54) is 20.3 Å². The molecule has 3 aliphatic heterocycles. The third kappa shape index (κ3) is 19.1. The number of aliphatic hydroxyl groups excluding tert-OH is 9. The number of Topliss-reactive ketones (excluding diaryl/α,β-unsaturated/α-hetero) is 1. The molecule has 0 spiro atoms. The number of rotatable bonds is 32. The maximum absolute atomic E-state index is 13.7. The van der Waals surface area contributed by atoms with Gasteiger partial charge < -0.3 is 93.4 Å². The first-order valence-electron chi connectivity index (χ1n) is 27.3. The number of carbonyl (C=O) groups is 3. The number of hydrogen-bond acceptors (Lipinski definition) is 21. The third-order valence-electron chi connectivity index (χ3n) is 14.5. The maximum Gasteiger partial charge on any atom is 0.306 e. The van der Waals surface area contributed by atoms with Crippen LogP contribution in [-0.4, -0.2) is 200 Å². The van der Waals surface area contributed by atoms with E-state index >= 15 is 0 Å². The highest BCUT2D eigenvalue weighted by atomic mass is 16.8. The Hall–Kier alpha value is -2.03. The van der Waals surface area contributed by atoms with E-state index in [1.807, 2.05) is 0 Å². The summed E-state index contributed by atoms with van der Waals surface area (Å²) in [7, 11) is 0. The van der Waals surface area contributed by atoms with Crippen molar-refractivity contribution in [2.75, 3.05) is 13.2 Å². The van der Waals surface area contributed by atoms with Crippen LogP contribution in [0.15, 0.2) is 0 Å². The summed E-state index contributed by atoms with van der Waals surface area (Å²) in [4.78, 5) is 38.6. The Morgan fingerprint density at radius 1 is 0.521 bits per heavy atom. The lowest BCUT2D eigenvalue weighted by molar-refractivity contribution is -0.383. The van der Waals surface area contributed by atoms with Gasteiger partial charge in [0, 0.05) is 31.8 Å². The van der Waals surface area contributed by atoms with Crippen LogP contribution in [-0.2, 0) is 57.0 Å². The largest absolute Gasteiger partial charge is 0.455 e. The minimum absolute atomic E-state index is 0.0181. The topological polar surface area (TPSA) is 316 Å². The molecule has 4 fully saturated rings. The standard InChI is InChI=1S/C52H92O21/c1-7-10-11-12-13-16-19-24-33(25-20-17-14-15-18-23-29(4)54)68-34-26-32(27-53)40(59)43(62)46(34)72-52-49(73-51-45(64)42(61)39(58)31(6)67-51)48(71-37(56)22-9-3)47(70-36(55)21-8-2)35(69-52)28-65-50-44(63)41(60)38(57)30(5)66-50/h30-35,38-53,57-64H,7-28H2,1-6H3/t30-,31+,32-,33?,34-,35-,38+,39+,40-,41+,42-,43+,44+,45+,46+,47-,48+,49-,50-,51+,52+/m1/s1. The molecule has 21 nitrogen and oxygen atoms in total. The zero-order chi connectivity index (χ0) is 53.8. The van der Waals surface area contributed by atoms with E-state index in [9.17, 15) is 60.3 Å². The molecule has 426 valence electrons. The molecule has 0 aromatic heterocycles. The Morgan fingerprint density at radius 2 is 1.03 bits per heavy atom. The number of unbranched alkanes of at least 4 members (excludes halogenated alkanes) is 10. The van der Waals surface area contributed by atoms with Gasteiger partial charge in [-0.3, -0.25) is 9.59 Å². The van der Waals surface area contributed by atoms with Gasteiger partial charge in [-0.05, 0) is 59.3 Å². The highest BCUT2D eigenvalue weighted by Gasteiger charge is 2.57. The first-order chi connectivity index (χ1) is 34.9. The van der Waals surface area contributed by atoms with Gasteiger partial charge in [0.05, 0.1) is 37.1 Å². The molecule has 0 aromatic rings. The van der Waals surface area contributed by atoms with Crippen molar-refractivity contribution in [3.05, 3.63) is 0 Å². The van der Waals surface area contributed by atoms with Gasteiger partial charge in [0.25, 0.3) is 0 Å². The lowest BCUT2D eigenvalue weighted by Crippen LogP contribution is -2.67. The molecule has 73 heavy (non-hydrogen) atoms. The molecular formula is C52H92O21. The molecule has 1 saturated carbocycles. The SMILES string of the molecule is CCCCCCCCCC(CCCCCCCC(C)=O)O[C@@H]1C[C@H](CO)[C@@H](O)[C@H](O)[C@H]1O[C@@H]1O[C@H](CO[C@@H]2O[C@H](C)[C@H](O)[C@H](O)[C@@H]2O)[C@@H](OC(=O)CCC)[C@H](OC(=O)CCC)[C@H]1O[C@@H]1O[C@@H](C)[C@H](O)[C@@H](O)[C@@H]1O. The average molecular weight is 1050 g/mol. The van der Waals surface area contributed by atoms with Crippen LogP contribution in [0.25, 0.3) is 0 Å². The zero-order valence-corrected chi connectivity index (χ0v) is 44.1. The summed E-state index contributed by atoms with van der Waals surface area (Å²) >= 11 is 0. The Labute approximate surface area is 431 Å². The highest BCUT2D eigenvalue weighted by molar-refractivity contribution is 5.75. The van der Waals surface area contributed by atoms with Gasteiger partial charge in [0.2, 0.25) is 0 Å². The summed E-state index contributed by atoms with van der Waals surface area (Å²) < 4.78 is 56.3. The quantitative estimate of drug-likeness (QED) is 0.0345. The summed E-state index contributed by atoms with van der Waals surface area (Å²) in [5, 5.41) is 98.7. The second-order valence-electron chi connectivity index (χ2n) is 20.7. The first-order valence-corrected chi connectivity index (χ1v) is 27.3. The number of ether oxygens (including phenoxy) is 9. The molecule has 21 heteroatoms. The van der Waals surface area contributed by atoms with Gasteiger partial charge >= 0.3 is 11.9 Å². The van der Waals surface area contributed by atoms with Gasteiger partial charge in [-0.15, -0.1) is 0 Å². The number of carbonyl (C=O) groups excluding carboxylic acids is 3. The monoisotopic (exact) mass is 1050 g/mol. The van der Waals surface area contributed by atoms with Crippen LogP contribution >= 0.6 is 0 Å². The second kappa shape index (κ2) is 32.6. The minimum atomic E-state index is -1.90. The molecule has 1 unspecified atom stereocenters. The van der Waals surface area contributed by atoms with Gasteiger partial charge in [-0.25, -0.2) is 0 Å². The van der Waals surface area contributed by atoms with Gasteiger partial charge in [-0.1, -0.05) is 91.4 Å². The predicted octanol–water partition coefficient (Wildman–Crippen LogP) is 2.53. The van der Waals surface area contributed by atoms with E-state index in [1.54, 1.807) is 20.8 Å². The Kier molecular flexibility index (Phi) is 28.4. The molecule has 0 radical (unpaired) electrons. The summed E-state index contributed by atoms with van der Waals surface area (Å²) in [6.07, 6.45) is -15.9. The van der Waals surface area contributed by atoms with Crippen LogP contribution in [0, 0.1) is 5.92 Å². The van der Waals surface area contributed by atoms with Crippen LogP contribution in [0.4, 0.5) is 0 Å². The lowest BCUT2D eigenvalue weighted by Gasteiger charge is -2.50. The Bertz CT molecular complexity index is 1580. The van der Waals surface area contributed by atoms with E-state index in [-0.39, 0.29) is 31.1 Å². The van der Waals surface area contributed by atoms with Crippen molar-refractivity contribution in [1.29, 1.82) is 0 Å². The summed E-state index contributed by atoms with van der Waals surface area (Å²) in [5.41, 5.74) is 0. The van der Waals surface area contributed by atoms with Crippen LogP contribution in [0.3, 0.4) is 0 Å². The minimum Gasteiger partial charge on any atom is -0.455 e. The molecule has 3 heterocycles. The van der Waals surface area contributed by atoms with Crippen molar-refractivity contribution >= 4 is 17.7 Å². The van der Waals surface area contributed by atoms with E-state index < -0.39 is 148 Å². The number of aliphatic hydroxyl groups is 9. The molecule has 21 atom stereocenters. The molecule has 1 aliphatic carbocycles. The number of esters is 2. The fraction of sp³-hybridized carbons (Fsp3) is 0.942. The Balaban J connectivity index is 1.77. The van der Waals surface area contributed by atoms with E-state index in [0.717, 1.165) is 70.6 Å². The smallest absolute Gasteiger partial charge is 0.306 e. The van der Waals surface area contributed by atoms with Gasteiger partial charge in [0.1, 0.15) is 60.7 Å². The van der Waals surface area contributed by atoms with E-state index in [4.69, 9.17) is 42.6 Å². The maximum atomic E-state index is 13.7. The normalized spacial score (nSPS) is 37.4. The summed E-state index contributed by atoms with van der Waals surface area (Å²) in [6, 6.07) is 0. The third-order valence-corrected chi connectivity index (χ3v) is 14.5. The van der Waals surface area contributed by atoms with Crippen molar-refractivity contribution in [2.45, 2.75) is 293 Å². The summed E-state index contributed by atoms with van der Waals surface area (Å²) in [6.45, 7) is 9.00. The van der Waals surface area contributed by atoms with Crippen molar-refractivity contribution in [1.82, 2.24) is 0 Å². The van der Waals surface area contributed by atoms with Crippen LogP contribution in [0.1, 0.15) is 170 Å². The predicted molar refractivity (Wildman–Crippen MR) is 260 cm³/mol. The Morgan fingerprint density at radius 3 is 1.58 bits per heavy atom. The van der Waals surface area contributed by atoms with Crippen LogP contribution < -0.4 is 0 Å². The van der Waals surface area contributed by atoms with Crippen LogP contribution in [0.5, 0.6) is 0 Å². The number of hydrogen-bond donors (Lipinski definition) is 9. The zero-order valence-electron chi connectivity index (χ0n) is 44.1. The van der Waals surface area contributed by atoms with Gasteiger partial charge in [-0.2, -0.15) is 0 Å². The highest BCUT2D eigenvalue weighted by Crippen LogP contribution is 2.38. The molecule has 0 amide bonds. The molecule has 3 saturated heterocycles. The van der Waals surface area contributed by atoms with Gasteiger partial charge in [0.15, 0.2) is 37.2 Å². The van der Waals surface area contributed by atoms with Crippen molar-refractivity contribution in [3.8, 4) is 0 Å². The number of ketones is 1. The first kappa shape index (κ1) is 63.5. The summed E-state index contributed by atoms with van der Waals surface area (Å²) in [5.74, 6) is -2.22. The van der Waals surface area contributed by atoms with Crippen molar-refractivity contribution in [3.63, 3.8) is 0 Å². The molecule has 0 bridgehead atoms. The van der Waals surface area contributed by atoms with E-state index in [0.29, 0.717) is 32.1 Å².